The van der Waals surface area contributed by atoms with E-state index >= 15 is 0 Å². The number of methoxy groups -OCH3 is 1. The van der Waals surface area contributed by atoms with Crippen molar-refractivity contribution in [3.63, 3.8) is 0 Å². The van der Waals surface area contributed by atoms with Gasteiger partial charge in [-0.25, -0.2) is 9.97 Å². The van der Waals surface area contributed by atoms with Gasteiger partial charge in [-0.2, -0.15) is 4.98 Å². The van der Waals surface area contributed by atoms with Gasteiger partial charge in [-0.3, -0.25) is 0 Å². The van der Waals surface area contributed by atoms with Gasteiger partial charge < -0.3 is 14.2 Å². The minimum Gasteiger partial charge on any atom is -0.380 e. The number of anilines is 1. The van der Waals surface area contributed by atoms with E-state index in [2.05, 4.69) is 62.6 Å². The third-order valence-corrected chi connectivity index (χ3v) is 4.87. The molecule has 0 spiro atoms. The Labute approximate surface area is 161 Å². The summed E-state index contributed by atoms with van der Waals surface area (Å²) in [4.78, 5) is 16.5. The smallest absolute Gasteiger partial charge is 0.249 e. The van der Waals surface area contributed by atoms with Gasteiger partial charge >= 0.3 is 0 Å². The number of hydrogen-bond donors (Lipinski definition) is 0. The molecule has 1 saturated heterocycles. The maximum atomic E-state index is 5.64. The molecule has 0 amide bonds. The van der Waals surface area contributed by atoms with E-state index < -0.39 is 0 Å². The summed E-state index contributed by atoms with van der Waals surface area (Å²) in [5.41, 5.74) is 0.806. The zero-order valence-corrected chi connectivity index (χ0v) is 17.7. The van der Waals surface area contributed by atoms with Gasteiger partial charge in [0.15, 0.2) is 5.82 Å². The average molecular weight is 374 g/mol. The van der Waals surface area contributed by atoms with Crippen molar-refractivity contribution in [2.45, 2.75) is 77.9 Å². The van der Waals surface area contributed by atoms with Crippen LogP contribution in [0.25, 0.3) is 0 Å². The quantitative estimate of drug-likeness (QED) is 0.811. The molecule has 0 bridgehead atoms. The van der Waals surface area contributed by atoms with E-state index in [1.165, 1.54) is 0 Å². The van der Waals surface area contributed by atoms with Gasteiger partial charge in [0.05, 0.1) is 11.8 Å². The zero-order valence-electron chi connectivity index (χ0n) is 17.7. The lowest BCUT2D eigenvalue weighted by Crippen LogP contribution is -2.29. The molecule has 0 N–H and O–H groups in total. The van der Waals surface area contributed by atoms with E-state index in [4.69, 9.17) is 19.2 Å². The van der Waals surface area contributed by atoms with Gasteiger partial charge in [-0.1, -0.05) is 46.7 Å². The highest BCUT2D eigenvalue weighted by atomic mass is 16.5. The third-order valence-electron chi connectivity index (χ3n) is 4.87. The Morgan fingerprint density at radius 1 is 1.07 bits per heavy atom. The van der Waals surface area contributed by atoms with E-state index in [9.17, 15) is 0 Å². The molecule has 7 heteroatoms. The van der Waals surface area contributed by atoms with Crippen LogP contribution in [0.1, 0.15) is 77.2 Å². The van der Waals surface area contributed by atoms with Gasteiger partial charge in [-0.15, -0.1) is 0 Å². The minimum absolute atomic E-state index is 0.0494. The van der Waals surface area contributed by atoms with Crippen molar-refractivity contribution in [2.24, 2.45) is 0 Å². The number of nitrogens with zero attached hydrogens (tertiary/aromatic N) is 5. The second kappa shape index (κ2) is 6.86. The summed E-state index contributed by atoms with van der Waals surface area (Å²) in [5, 5.41) is 3.97. The lowest BCUT2D eigenvalue weighted by Gasteiger charge is -2.28. The molecule has 1 aliphatic heterocycles. The molecule has 2 atom stereocenters. The largest absolute Gasteiger partial charge is 0.380 e. The second-order valence-corrected chi connectivity index (χ2v) is 9.38. The highest BCUT2D eigenvalue weighted by molar-refractivity contribution is 5.45. The lowest BCUT2D eigenvalue weighted by atomic mass is 9.90. The van der Waals surface area contributed by atoms with Crippen molar-refractivity contribution in [1.29, 1.82) is 0 Å². The maximum absolute atomic E-state index is 5.64. The molecule has 148 valence electrons. The summed E-state index contributed by atoms with van der Waals surface area (Å²) < 4.78 is 11.1. The molecular weight excluding hydrogens is 342 g/mol. The molecule has 3 rings (SSSR count). The molecule has 1 aliphatic rings. The molecule has 0 aliphatic carbocycles. The molecule has 27 heavy (non-hydrogen) atoms. The SMILES string of the molecule is COC1CC(c2nc(C)no2)N(c2cc(C(C)(C)C)nc(C(C)(C)C)n2)C1. The van der Waals surface area contributed by atoms with Gasteiger partial charge in [0, 0.05) is 37.0 Å². The molecule has 0 aromatic carbocycles. The van der Waals surface area contributed by atoms with Crippen LogP contribution >= 0.6 is 0 Å². The molecule has 2 aromatic heterocycles. The van der Waals surface area contributed by atoms with Crippen LogP contribution in [0.2, 0.25) is 0 Å². The fourth-order valence-electron chi connectivity index (χ4n) is 3.21. The van der Waals surface area contributed by atoms with Gasteiger partial charge in [-0.05, 0) is 6.92 Å². The van der Waals surface area contributed by atoms with Crippen molar-refractivity contribution in [3.8, 4) is 0 Å². The topological polar surface area (TPSA) is 77.2 Å². The molecule has 2 aromatic rings. The monoisotopic (exact) mass is 373 g/mol. The fourth-order valence-corrected chi connectivity index (χ4v) is 3.21. The number of aryl methyl sites for hydroxylation is 1. The van der Waals surface area contributed by atoms with E-state index in [0.717, 1.165) is 30.3 Å². The number of aromatic nitrogens is 4. The van der Waals surface area contributed by atoms with Crippen LogP contribution in [0, 0.1) is 6.92 Å². The van der Waals surface area contributed by atoms with Gasteiger partial charge in [0.1, 0.15) is 17.7 Å². The Morgan fingerprint density at radius 3 is 2.30 bits per heavy atom. The van der Waals surface area contributed by atoms with E-state index in [-0.39, 0.29) is 23.0 Å². The highest BCUT2D eigenvalue weighted by Gasteiger charge is 2.38. The first kappa shape index (κ1) is 19.7. The van der Waals surface area contributed by atoms with Crippen molar-refractivity contribution < 1.29 is 9.26 Å². The Balaban J connectivity index is 2.09. The molecule has 3 heterocycles. The average Bonchev–Trinajstić information content (AvgIpc) is 3.18. The highest BCUT2D eigenvalue weighted by Crippen LogP contribution is 2.37. The first-order chi connectivity index (χ1) is 12.5. The second-order valence-electron chi connectivity index (χ2n) is 9.38. The molecule has 7 nitrogen and oxygen atoms in total. The Kier molecular flexibility index (Phi) is 5.01. The maximum Gasteiger partial charge on any atom is 0.249 e. The molecule has 1 fully saturated rings. The van der Waals surface area contributed by atoms with Crippen LogP contribution in [0.5, 0.6) is 0 Å². The predicted molar refractivity (Wildman–Crippen MR) is 104 cm³/mol. The Bertz CT molecular complexity index is 771. The van der Waals surface area contributed by atoms with Crippen LogP contribution in [-0.4, -0.2) is 39.9 Å². The van der Waals surface area contributed by atoms with Crippen LogP contribution in [0.15, 0.2) is 10.6 Å². The van der Waals surface area contributed by atoms with Gasteiger partial charge in [0.2, 0.25) is 5.89 Å². The van der Waals surface area contributed by atoms with Crippen molar-refractivity contribution in [1.82, 2.24) is 20.1 Å². The predicted octanol–water partition coefficient (Wildman–Crippen LogP) is 3.73. The molecule has 0 saturated carbocycles. The first-order valence-corrected chi connectivity index (χ1v) is 9.48. The summed E-state index contributed by atoms with van der Waals surface area (Å²) in [6.45, 7) is 15.5. The van der Waals surface area contributed by atoms with Crippen molar-refractivity contribution >= 4 is 5.82 Å². The van der Waals surface area contributed by atoms with Crippen molar-refractivity contribution in [3.05, 3.63) is 29.3 Å². The van der Waals surface area contributed by atoms with Crippen LogP contribution < -0.4 is 4.90 Å². The number of hydrogen-bond acceptors (Lipinski definition) is 7. The fraction of sp³-hybridized carbons (Fsp3) is 0.700. The standard InChI is InChI=1S/C20H31N5O2/c1-12-21-17(27-24-12)14-9-13(26-8)11-25(14)16-10-15(19(2,3)4)22-18(23-16)20(5,6)7/h10,13-14H,9,11H2,1-8H3. The third kappa shape index (κ3) is 4.13. The molecule has 2 unspecified atom stereocenters. The van der Waals surface area contributed by atoms with E-state index in [1.807, 2.05) is 6.92 Å². The summed E-state index contributed by atoms with van der Waals surface area (Å²) >= 11 is 0. The summed E-state index contributed by atoms with van der Waals surface area (Å²) in [6.07, 6.45) is 0.881. The summed E-state index contributed by atoms with van der Waals surface area (Å²) in [6, 6.07) is 2.04. The van der Waals surface area contributed by atoms with Crippen LogP contribution in [0.3, 0.4) is 0 Å². The lowest BCUT2D eigenvalue weighted by molar-refractivity contribution is 0.117. The van der Waals surface area contributed by atoms with Gasteiger partial charge in [0.25, 0.3) is 0 Å². The molecular formula is C20H31N5O2. The minimum atomic E-state index is -0.146. The van der Waals surface area contributed by atoms with E-state index in [0.29, 0.717) is 11.7 Å². The number of ether oxygens (including phenoxy) is 1. The summed E-state index contributed by atoms with van der Waals surface area (Å²) in [5.74, 6) is 2.98. The Morgan fingerprint density at radius 2 is 1.78 bits per heavy atom. The Hall–Kier alpha value is -2.02. The zero-order chi connectivity index (χ0) is 20.0. The normalized spacial score (nSPS) is 21.1. The van der Waals surface area contributed by atoms with Crippen molar-refractivity contribution in [2.75, 3.05) is 18.6 Å². The van der Waals surface area contributed by atoms with Crippen LogP contribution in [-0.2, 0) is 15.6 Å². The first-order valence-electron chi connectivity index (χ1n) is 9.48. The van der Waals surface area contributed by atoms with E-state index in [1.54, 1.807) is 7.11 Å². The van der Waals surface area contributed by atoms with Crippen LogP contribution in [0.4, 0.5) is 5.82 Å². The summed E-state index contributed by atoms with van der Waals surface area (Å²) in [7, 11) is 1.74. The number of rotatable bonds is 3. The molecule has 0 radical (unpaired) electrons.